The topological polar surface area (TPSA) is 430 Å². The van der Waals surface area contributed by atoms with E-state index in [9.17, 15) is 95.0 Å². The van der Waals surface area contributed by atoms with Gasteiger partial charge < -0.3 is 89.7 Å². The molecule has 0 saturated carbocycles. The second-order valence-electron chi connectivity index (χ2n) is 13.6. The SMILES string of the molecule is COC(=O)c1cc(O)c(O)c(OC(=O)c2cc(O)c(N=O)c(OC(=O)c3cc(O)c(O)c(OC(=O)c4cc(O)c(O)c(OC(=O)c5cc(O)c(O)c(OC(=O)c6cc(O)c(O)c(O)c6)c5)c4)c3)c2)c1. The summed E-state index contributed by atoms with van der Waals surface area (Å²) in [7, 11) is 0.994. The third-order valence-electron chi connectivity index (χ3n) is 9.05. The molecule has 6 aromatic carbocycles. The third-order valence-corrected chi connectivity index (χ3v) is 9.05. The highest BCUT2D eigenvalue weighted by atomic mass is 16.6. The van der Waals surface area contributed by atoms with Crippen molar-refractivity contribution in [2.24, 2.45) is 5.18 Å². The van der Waals surface area contributed by atoms with Gasteiger partial charge in [-0.3, -0.25) is 0 Å². The molecule has 0 unspecified atom stereocenters. The Balaban J connectivity index is 1.21. The smallest absolute Gasteiger partial charge is 0.343 e. The first kappa shape index (κ1) is 47.8. The van der Waals surface area contributed by atoms with Crippen LogP contribution in [0, 0.1) is 4.91 Å². The van der Waals surface area contributed by atoms with Gasteiger partial charge in [-0.25, -0.2) is 28.8 Å². The van der Waals surface area contributed by atoms with Gasteiger partial charge in [-0.15, -0.1) is 4.91 Å². The van der Waals surface area contributed by atoms with Crippen LogP contribution in [-0.4, -0.2) is 104 Å². The second-order valence-corrected chi connectivity index (χ2v) is 13.6. The molecule has 69 heavy (non-hydrogen) atoms. The molecule has 354 valence electrons. The summed E-state index contributed by atoms with van der Waals surface area (Å²) >= 11 is 0. The van der Waals surface area contributed by atoms with Crippen LogP contribution in [0.4, 0.5) is 5.69 Å². The first-order valence-corrected chi connectivity index (χ1v) is 18.4. The Kier molecular flexibility index (Phi) is 13.0. The number of aromatic hydroxyl groups is 12. The van der Waals surface area contributed by atoms with Crippen LogP contribution < -0.4 is 23.7 Å². The fourth-order valence-electron chi connectivity index (χ4n) is 5.67. The highest BCUT2D eigenvalue weighted by molar-refractivity contribution is 5.99. The van der Waals surface area contributed by atoms with Gasteiger partial charge in [-0.05, 0) is 78.0 Å². The number of nitroso groups, excluding NO2 is 1. The highest BCUT2D eigenvalue weighted by Gasteiger charge is 2.28. The van der Waals surface area contributed by atoms with Crippen LogP contribution in [0.15, 0.2) is 78.0 Å². The van der Waals surface area contributed by atoms with Gasteiger partial charge in [0.2, 0.25) is 23.0 Å². The Morgan fingerprint density at radius 1 is 0.319 bits per heavy atom. The van der Waals surface area contributed by atoms with E-state index in [0.29, 0.717) is 60.7 Å². The van der Waals surface area contributed by atoms with E-state index in [-0.39, 0.29) is 5.56 Å². The van der Waals surface area contributed by atoms with Gasteiger partial charge in [-0.1, -0.05) is 0 Å². The van der Waals surface area contributed by atoms with Gasteiger partial charge in [0.25, 0.3) is 0 Å². The maximum Gasteiger partial charge on any atom is 0.343 e. The van der Waals surface area contributed by atoms with Crippen LogP contribution in [0.25, 0.3) is 0 Å². The minimum Gasteiger partial charge on any atom is -0.505 e. The zero-order valence-electron chi connectivity index (χ0n) is 34.0. The van der Waals surface area contributed by atoms with E-state index in [2.05, 4.69) is 9.91 Å². The van der Waals surface area contributed by atoms with E-state index in [1.54, 1.807) is 0 Å². The van der Waals surface area contributed by atoms with Crippen LogP contribution in [0.1, 0.15) is 62.1 Å². The van der Waals surface area contributed by atoms with Crippen molar-refractivity contribution >= 4 is 41.5 Å². The summed E-state index contributed by atoms with van der Waals surface area (Å²) in [6, 6.07) is 7.70. The lowest BCUT2D eigenvalue weighted by atomic mass is 10.1. The molecule has 0 bridgehead atoms. The Morgan fingerprint density at radius 2 is 0.536 bits per heavy atom. The molecule has 0 aliphatic carbocycles. The number of ether oxygens (including phenoxy) is 6. The van der Waals surface area contributed by atoms with Crippen molar-refractivity contribution in [2.75, 3.05) is 7.11 Å². The number of phenolic OH excluding ortho intramolecular Hbond substituents is 12. The first-order valence-electron chi connectivity index (χ1n) is 18.4. The minimum atomic E-state index is -1.56. The molecule has 0 atom stereocenters. The van der Waals surface area contributed by atoms with E-state index >= 15 is 0 Å². The molecule has 0 fully saturated rings. The predicted octanol–water partition coefficient (Wildman–Crippen LogP) is 4.43. The molecule has 0 aliphatic heterocycles. The van der Waals surface area contributed by atoms with E-state index in [1.807, 2.05) is 0 Å². The molecule has 0 aromatic heterocycles. The largest absolute Gasteiger partial charge is 0.505 e. The lowest BCUT2D eigenvalue weighted by Gasteiger charge is -2.14. The first-order chi connectivity index (χ1) is 32.5. The zero-order chi connectivity index (χ0) is 50.8. The van der Waals surface area contributed by atoms with Crippen molar-refractivity contribution in [2.45, 2.75) is 0 Å². The Bertz CT molecular complexity index is 3170. The lowest BCUT2D eigenvalue weighted by molar-refractivity contribution is 0.0595. The van der Waals surface area contributed by atoms with Gasteiger partial charge in [-0.2, -0.15) is 0 Å². The molecule has 26 nitrogen and oxygen atoms in total. The van der Waals surface area contributed by atoms with Gasteiger partial charge >= 0.3 is 35.8 Å². The highest BCUT2D eigenvalue weighted by Crippen LogP contribution is 2.44. The number of carbonyl (C=O) groups excluding carboxylic acids is 6. The van der Waals surface area contributed by atoms with E-state index < -0.39 is 167 Å². The summed E-state index contributed by atoms with van der Waals surface area (Å²) < 4.78 is 29.7. The number of benzene rings is 6. The molecule has 0 heterocycles. The summed E-state index contributed by atoms with van der Waals surface area (Å²) in [6.45, 7) is 0. The van der Waals surface area contributed by atoms with Gasteiger partial charge in [0.15, 0.2) is 74.7 Å². The van der Waals surface area contributed by atoms with Gasteiger partial charge in [0.05, 0.1) is 40.5 Å². The summed E-state index contributed by atoms with van der Waals surface area (Å²) in [5.41, 5.74) is -4.90. The van der Waals surface area contributed by atoms with Crippen LogP contribution >= 0.6 is 0 Å². The molecule has 6 rings (SSSR count). The molecule has 0 saturated heterocycles. The molecular weight excluding hydrogens is 930 g/mol. The Hall–Kier alpha value is -10.7. The van der Waals surface area contributed by atoms with Crippen molar-refractivity contribution in [1.29, 1.82) is 0 Å². The number of esters is 6. The lowest BCUT2D eigenvalue weighted by Crippen LogP contribution is -2.14. The van der Waals surface area contributed by atoms with Crippen molar-refractivity contribution < 1.29 is 118 Å². The summed E-state index contributed by atoms with van der Waals surface area (Å²) in [5, 5.41) is 124. The number of phenols is 12. The molecular formula is C43H27NO25. The quantitative estimate of drug-likeness (QED) is 0.0349. The molecule has 0 spiro atoms. The Labute approximate surface area is 380 Å². The van der Waals surface area contributed by atoms with Crippen molar-refractivity contribution in [3.8, 4) is 97.7 Å². The third kappa shape index (κ3) is 9.88. The number of hydrogen-bond donors (Lipinski definition) is 12. The monoisotopic (exact) mass is 957 g/mol. The van der Waals surface area contributed by atoms with Crippen molar-refractivity contribution in [3.63, 3.8) is 0 Å². The average Bonchev–Trinajstić information content (AvgIpc) is 3.30. The number of rotatable bonds is 12. The predicted molar refractivity (Wildman–Crippen MR) is 220 cm³/mol. The van der Waals surface area contributed by atoms with Crippen molar-refractivity contribution in [3.05, 3.63) is 111 Å². The maximum atomic E-state index is 13.3. The number of carbonyl (C=O) groups is 6. The van der Waals surface area contributed by atoms with Crippen molar-refractivity contribution in [1.82, 2.24) is 0 Å². The number of hydrogen-bond acceptors (Lipinski definition) is 26. The molecule has 0 amide bonds. The zero-order valence-corrected chi connectivity index (χ0v) is 34.0. The molecule has 6 aromatic rings. The minimum absolute atomic E-state index is 0.377. The summed E-state index contributed by atoms with van der Waals surface area (Å²) in [5.74, 6) is -25.9. The summed E-state index contributed by atoms with van der Waals surface area (Å²) in [4.78, 5) is 89.0. The molecule has 12 N–H and O–H groups in total. The standard InChI is InChI=1S/C43H27NO25/c1-64-38(57)15-5-23(48)34(53)28(10-15)67-41(60)16-2-20(45)32(44-63)27(9-16)65-40(59)17-6-24(49)36(55)30(11-17)68-43(62)19-8-26(51)37(56)31(13-19)69-42(61)18-7-25(50)35(54)29(12-18)66-39(58)14-3-21(46)33(52)22(47)4-14/h2-13,45-56H,1H3. The van der Waals surface area contributed by atoms with E-state index in [4.69, 9.17) is 23.7 Å². The fraction of sp³-hybridized carbons (Fsp3) is 0.0233. The maximum absolute atomic E-state index is 13.3. The van der Waals surface area contributed by atoms with Gasteiger partial charge in [0, 0.05) is 0 Å². The Morgan fingerprint density at radius 3 is 0.812 bits per heavy atom. The molecule has 26 heteroatoms. The van der Waals surface area contributed by atoms with E-state index in [1.165, 1.54) is 0 Å². The van der Waals surface area contributed by atoms with E-state index in [0.717, 1.165) is 19.2 Å². The molecule has 0 radical (unpaired) electrons. The normalized spacial score (nSPS) is 10.6. The van der Waals surface area contributed by atoms with Crippen LogP contribution in [0.2, 0.25) is 0 Å². The number of nitrogens with zero attached hydrogens (tertiary/aromatic N) is 1. The van der Waals surface area contributed by atoms with Crippen LogP contribution in [0.5, 0.6) is 97.7 Å². The fourth-order valence-corrected chi connectivity index (χ4v) is 5.67. The number of methoxy groups -OCH3 is 1. The average molecular weight is 958 g/mol. The van der Waals surface area contributed by atoms with Crippen LogP contribution in [0.3, 0.4) is 0 Å². The summed E-state index contributed by atoms with van der Waals surface area (Å²) in [6.07, 6.45) is 0. The van der Waals surface area contributed by atoms with Crippen LogP contribution in [-0.2, 0) is 4.74 Å². The van der Waals surface area contributed by atoms with Gasteiger partial charge in [0.1, 0.15) is 5.75 Å². The second kappa shape index (κ2) is 18.8. The molecule has 0 aliphatic rings.